The third-order valence-corrected chi connectivity index (χ3v) is 4.16. The molecular formula is C20H33N3O2. The second kappa shape index (κ2) is 8.09. The van der Waals surface area contributed by atoms with Crippen molar-refractivity contribution in [3.63, 3.8) is 0 Å². The van der Waals surface area contributed by atoms with E-state index in [1.807, 2.05) is 25.7 Å². The highest BCUT2D eigenvalue weighted by atomic mass is 16.6. The van der Waals surface area contributed by atoms with Crippen molar-refractivity contribution in [1.82, 2.24) is 9.80 Å². The van der Waals surface area contributed by atoms with Gasteiger partial charge in [0, 0.05) is 44.0 Å². The van der Waals surface area contributed by atoms with E-state index in [0.717, 1.165) is 25.3 Å². The van der Waals surface area contributed by atoms with Gasteiger partial charge in [0.1, 0.15) is 5.60 Å². The molecule has 1 fully saturated rings. The molecule has 0 aliphatic carbocycles. The largest absolute Gasteiger partial charge is 0.444 e. The molecule has 1 atom stereocenters. The Labute approximate surface area is 152 Å². The minimum Gasteiger partial charge on any atom is -0.444 e. The topological polar surface area (TPSA) is 44.8 Å². The van der Waals surface area contributed by atoms with Gasteiger partial charge in [0.15, 0.2) is 0 Å². The van der Waals surface area contributed by atoms with Gasteiger partial charge in [-0.25, -0.2) is 4.79 Å². The second-order valence-electron chi connectivity index (χ2n) is 8.25. The number of benzene rings is 1. The number of piperazine rings is 1. The molecule has 140 valence electrons. The van der Waals surface area contributed by atoms with Gasteiger partial charge in [0.2, 0.25) is 0 Å². The number of rotatable bonds is 4. The van der Waals surface area contributed by atoms with Crippen molar-refractivity contribution in [3.8, 4) is 0 Å². The van der Waals surface area contributed by atoms with E-state index >= 15 is 0 Å². The normalized spacial score (nSPS) is 19.2. The molecule has 1 N–H and O–H groups in total. The summed E-state index contributed by atoms with van der Waals surface area (Å²) in [7, 11) is 0. The quantitative estimate of drug-likeness (QED) is 0.896. The number of carbonyl (C=O) groups is 1. The van der Waals surface area contributed by atoms with Crippen LogP contribution >= 0.6 is 0 Å². The average molecular weight is 348 g/mol. The van der Waals surface area contributed by atoms with Gasteiger partial charge in [-0.15, -0.1) is 0 Å². The molecule has 0 radical (unpaired) electrons. The molecule has 0 bridgehead atoms. The highest BCUT2D eigenvalue weighted by Crippen LogP contribution is 2.18. The van der Waals surface area contributed by atoms with E-state index in [1.54, 1.807) is 0 Å². The van der Waals surface area contributed by atoms with E-state index in [2.05, 4.69) is 55.3 Å². The molecule has 1 aromatic rings. The van der Waals surface area contributed by atoms with Gasteiger partial charge in [0.25, 0.3) is 0 Å². The molecule has 1 saturated heterocycles. The monoisotopic (exact) mass is 347 g/mol. The summed E-state index contributed by atoms with van der Waals surface area (Å²) in [5.74, 6) is 0. The number of nitrogens with zero attached hydrogens (tertiary/aromatic N) is 2. The van der Waals surface area contributed by atoms with E-state index in [0.29, 0.717) is 12.6 Å². The van der Waals surface area contributed by atoms with E-state index in [1.165, 1.54) is 5.56 Å². The third kappa shape index (κ3) is 6.24. The Balaban J connectivity index is 1.87. The van der Waals surface area contributed by atoms with Crippen molar-refractivity contribution in [1.29, 1.82) is 0 Å². The molecule has 25 heavy (non-hydrogen) atoms. The lowest BCUT2D eigenvalue weighted by Crippen LogP contribution is -2.54. The van der Waals surface area contributed by atoms with Crippen LogP contribution in [0.2, 0.25) is 0 Å². The third-order valence-electron chi connectivity index (χ3n) is 4.16. The lowest BCUT2D eigenvalue weighted by molar-refractivity contribution is 0.000562. The molecule has 0 saturated carbocycles. The molecule has 5 heteroatoms. The molecule has 1 aliphatic rings. The van der Waals surface area contributed by atoms with Crippen molar-refractivity contribution in [3.05, 3.63) is 29.8 Å². The summed E-state index contributed by atoms with van der Waals surface area (Å²) in [6.07, 6.45) is -0.205. The number of carbonyl (C=O) groups excluding carboxylic acids is 1. The Morgan fingerprint density at radius 1 is 1.24 bits per heavy atom. The molecule has 1 amide bonds. The summed E-state index contributed by atoms with van der Waals surface area (Å²) in [6.45, 7) is 15.4. The first-order valence-corrected chi connectivity index (χ1v) is 9.21. The first kappa shape index (κ1) is 19.6. The average Bonchev–Trinajstić information content (AvgIpc) is 2.47. The standard InChI is InChI=1S/C20H33N3O2/c1-15(2)21-18-9-7-17(8-10-18)14-22-11-12-23(16(3)13-22)19(24)25-20(4,5)6/h7-10,15-16,21H,11-14H2,1-6H3/t16-/m0/s1. The van der Waals surface area contributed by atoms with Crippen LogP contribution in [0.5, 0.6) is 0 Å². The molecule has 0 aromatic heterocycles. The van der Waals surface area contributed by atoms with Crippen molar-refractivity contribution in [2.45, 2.75) is 65.8 Å². The first-order chi connectivity index (χ1) is 11.6. The van der Waals surface area contributed by atoms with Crippen molar-refractivity contribution in [2.75, 3.05) is 25.0 Å². The number of hydrogen-bond acceptors (Lipinski definition) is 4. The molecule has 1 heterocycles. The Morgan fingerprint density at radius 3 is 2.40 bits per heavy atom. The van der Waals surface area contributed by atoms with Crippen molar-refractivity contribution < 1.29 is 9.53 Å². The maximum Gasteiger partial charge on any atom is 0.410 e. The fourth-order valence-corrected chi connectivity index (χ4v) is 3.07. The summed E-state index contributed by atoms with van der Waals surface area (Å²) in [5.41, 5.74) is 2.01. The van der Waals surface area contributed by atoms with Crippen LogP contribution < -0.4 is 5.32 Å². The lowest BCUT2D eigenvalue weighted by atomic mass is 10.1. The fourth-order valence-electron chi connectivity index (χ4n) is 3.07. The van der Waals surface area contributed by atoms with Crippen LogP contribution in [0.1, 0.15) is 47.1 Å². The number of nitrogens with one attached hydrogen (secondary N) is 1. The van der Waals surface area contributed by atoms with E-state index < -0.39 is 5.60 Å². The van der Waals surface area contributed by atoms with Crippen LogP contribution in [0.3, 0.4) is 0 Å². The molecular weight excluding hydrogens is 314 g/mol. The van der Waals surface area contributed by atoms with Gasteiger partial charge < -0.3 is 15.0 Å². The summed E-state index contributed by atoms with van der Waals surface area (Å²) in [6, 6.07) is 9.22. The van der Waals surface area contributed by atoms with Crippen molar-refractivity contribution in [2.24, 2.45) is 0 Å². The van der Waals surface area contributed by atoms with Gasteiger partial charge in [-0.2, -0.15) is 0 Å². The summed E-state index contributed by atoms with van der Waals surface area (Å²) in [5, 5.41) is 3.41. The van der Waals surface area contributed by atoms with Crippen molar-refractivity contribution >= 4 is 11.8 Å². The molecule has 1 aromatic carbocycles. The minimum atomic E-state index is -0.445. The summed E-state index contributed by atoms with van der Waals surface area (Å²) in [4.78, 5) is 16.5. The number of hydrogen-bond donors (Lipinski definition) is 1. The molecule has 1 aliphatic heterocycles. The predicted octanol–water partition coefficient (Wildman–Crippen LogP) is 3.95. The fraction of sp³-hybridized carbons (Fsp3) is 0.650. The smallest absolute Gasteiger partial charge is 0.410 e. The van der Waals surface area contributed by atoms with Crippen LogP contribution in [0, 0.1) is 0 Å². The Morgan fingerprint density at radius 2 is 1.88 bits per heavy atom. The van der Waals surface area contributed by atoms with E-state index in [4.69, 9.17) is 4.74 Å². The lowest BCUT2D eigenvalue weighted by Gasteiger charge is -2.40. The van der Waals surface area contributed by atoms with Crippen LogP contribution in [-0.4, -0.2) is 53.2 Å². The summed E-state index contributed by atoms with van der Waals surface area (Å²) >= 11 is 0. The predicted molar refractivity (Wildman–Crippen MR) is 103 cm³/mol. The van der Waals surface area contributed by atoms with Gasteiger partial charge in [0.05, 0.1) is 0 Å². The SMILES string of the molecule is CC(C)Nc1ccc(CN2CCN(C(=O)OC(C)(C)C)[C@@H](C)C2)cc1. The number of anilines is 1. The van der Waals surface area contributed by atoms with Gasteiger partial charge >= 0.3 is 6.09 Å². The molecule has 5 nitrogen and oxygen atoms in total. The molecule has 2 rings (SSSR count). The summed E-state index contributed by atoms with van der Waals surface area (Å²) < 4.78 is 5.51. The van der Waals surface area contributed by atoms with E-state index in [9.17, 15) is 4.79 Å². The Bertz CT molecular complexity index is 563. The Hall–Kier alpha value is -1.75. The van der Waals surface area contributed by atoms with Gasteiger partial charge in [-0.3, -0.25) is 4.90 Å². The van der Waals surface area contributed by atoms with Crippen LogP contribution in [-0.2, 0) is 11.3 Å². The number of ether oxygens (including phenoxy) is 1. The molecule has 0 unspecified atom stereocenters. The zero-order valence-corrected chi connectivity index (χ0v) is 16.5. The van der Waals surface area contributed by atoms with E-state index in [-0.39, 0.29) is 12.1 Å². The maximum absolute atomic E-state index is 12.3. The van der Waals surface area contributed by atoms with Gasteiger partial charge in [-0.05, 0) is 59.2 Å². The minimum absolute atomic E-state index is 0.158. The number of amides is 1. The van der Waals surface area contributed by atoms with Crippen LogP contribution in [0.25, 0.3) is 0 Å². The maximum atomic E-state index is 12.3. The Kier molecular flexibility index (Phi) is 6.33. The highest BCUT2D eigenvalue weighted by Gasteiger charge is 2.30. The zero-order chi connectivity index (χ0) is 18.6. The zero-order valence-electron chi connectivity index (χ0n) is 16.5. The van der Waals surface area contributed by atoms with Gasteiger partial charge in [-0.1, -0.05) is 12.1 Å². The highest BCUT2D eigenvalue weighted by molar-refractivity contribution is 5.68. The van der Waals surface area contributed by atoms with Crippen LogP contribution in [0.15, 0.2) is 24.3 Å². The second-order valence-corrected chi connectivity index (χ2v) is 8.25. The molecule has 0 spiro atoms. The first-order valence-electron chi connectivity index (χ1n) is 9.21. The van der Waals surface area contributed by atoms with Crippen LogP contribution in [0.4, 0.5) is 10.5 Å².